The van der Waals surface area contributed by atoms with Crippen LogP contribution in [0.4, 0.5) is 0 Å². The third-order valence-electron chi connectivity index (χ3n) is 4.91. The van der Waals surface area contributed by atoms with E-state index in [0.717, 1.165) is 36.4 Å². The van der Waals surface area contributed by atoms with Crippen molar-refractivity contribution >= 4 is 5.91 Å². The van der Waals surface area contributed by atoms with Crippen molar-refractivity contribution in [3.63, 3.8) is 0 Å². The van der Waals surface area contributed by atoms with Crippen LogP contribution in [0.3, 0.4) is 0 Å². The largest absolute Gasteiger partial charge is 0.496 e. The van der Waals surface area contributed by atoms with Gasteiger partial charge < -0.3 is 20.5 Å². The van der Waals surface area contributed by atoms with Crippen LogP contribution in [-0.4, -0.2) is 43.4 Å². The van der Waals surface area contributed by atoms with Gasteiger partial charge in [0.1, 0.15) is 5.75 Å². The van der Waals surface area contributed by atoms with Crippen molar-refractivity contribution in [2.75, 3.05) is 26.7 Å². The molecule has 1 aliphatic rings. The molecule has 1 unspecified atom stereocenters. The maximum absolute atomic E-state index is 12.4. The van der Waals surface area contributed by atoms with Crippen molar-refractivity contribution in [1.82, 2.24) is 10.6 Å². The number of benzene rings is 2. The molecule has 1 atom stereocenters. The van der Waals surface area contributed by atoms with E-state index in [0.29, 0.717) is 18.4 Å². The molecule has 138 valence electrons. The zero-order valence-corrected chi connectivity index (χ0v) is 15.1. The lowest BCUT2D eigenvalue weighted by Crippen LogP contribution is -2.43. The topological polar surface area (TPSA) is 70.6 Å². The number of carbonyl (C=O) groups is 1. The molecule has 1 fully saturated rings. The average Bonchev–Trinajstić information content (AvgIpc) is 2.91. The maximum Gasteiger partial charge on any atom is 0.251 e. The number of hydrogen-bond acceptors (Lipinski definition) is 4. The summed E-state index contributed by atoms with van der Waals surface area (Å²) in [5.41, 5.74) is 1.74. The average molecular weight is 354 g/mol. The van der Waals surface area contributed by atoms with Crippen molar-refractivity contribution in [2.24, 2.45) is 0 Å². The molecule has 1 amide bonds. The summed E-state index contributed by atoms with van der Waals surface area (Å²) in [6.07, 6.45) is 2.27. The van der Waals surface area contributed by atoms with E-state index in [1.807, 2.05) is 36.4 Å². The van der Waals surface area contributed by atoms with Crippen molar-refractivity contribution in [3.05, 3.63) is 54.1 Å². The third-order valence-corrected chi connectivity index (χ3v) is 4.91. The minimum atomic E-state index is -0.823. The molecule has 0 aliphatic carbocycles. The molecule has 0 saturated carbocycles. The maximum atomic E-state index is 12.4. The third kappa shape index (κ3) is 4.42. The highest BCUT2D eigenvalue weighted by atomic mass is 16.5. The summed E-state index contributed by atoms with van der Waals surface area (Å²) in [5, 5.41) is 16.8. The molecule has 0 radical (unpaired) electrons. The van der Waals surface area contributed by atoms with E-state index < -0.39 is 5.60 Å². The molecule has 5 nitrogen and oxygen atoms in total. The number of nitrogens with one attached hydrogen (secondary N) is 2. The highest BCUT2D eigenvalue weighted by Crippen LogP contribution is 2.29. The Bertz CT molecular complexity index is 735. The van der Waals surface area contributed by atoms with Gasteiger partial charge in [-0.2, -0.15) is 0 Å². The van der Waals surface area contributed by atoms with Crippen LogP contribution in [0.15, 0.2) is 48.5 Å². The Kier molecular flexibility index (Phi) is 5.91. The predicted molar refractivity (Wildman–Crippen MR) is 102 cm³/mol. The Labute approximate surface area is 154 Å². The van der Waals surface area contributed by atoms with Crippen molar-refractivity contribution < 1.29 is 14.6 Å². The van der Waals surface area contributed by atoms with Gasteiger partial charge in [-0.05, 0) is 56.1 Å². The molecule has 26 heavy (non-hydrogen) atoms. The van der Waals surface area contributed by atoms with Gasteiger partial charge in [-0.15, -0.1) is 0 Å². The van der Waals surface area contributed by atoms with Gasteiger partial charge in [0.2, 0.25) is 0 Å². The second-order valence-corrected chi connectivity index (χ2v) is 6.79. The Hall–Kier alpha value is -2.37. The molecular formula is C21H26N2O3. The molecule has 3 N–H and O–H groups in total. The summed E-state index contributed by atoms with van der Waals surface area (Å²) >= 11 is 0. The number of aliphatic hydroxyl groups is 1. The second kappa shape index (κ2) is 8.34. The van der Waals surface area contributed by atoms with Gasteiger partial charge in [-0.3, -0.25) is 4.79 Å². The van der Waals surface area contributed by atoms with E-state index in [1.54, 1.807) is 19.2 Å². The first-order valence-corrected chi connectivity index (χ1v) is 9.06. The number of carbonyl (C=O) groups excluding carboxylic acids is 1. The minimum Gasteiger partial charge on any atom is -0.496 e. The van der Waals surface area contributed by atoms with Crippen LogP contribution in [0.25, 0.3) is 11.1 Å². The molecule has 2 aromatic carbocycles. The van der Waals surface area contributed by atoms with Crippen LogP contribution in [0.2, 0.25) is 0 Å². The van der Waals surface area contributed by atoms with Gasteiger partial charge in [-0.25, -0.2) is 0 Å². The zero-order chi connectivity index (χ0) is 18.4. The van der Waals surface area contributed by atoms with Gasteiger partial charge >= 0.3 is 0 Å². The van der Waals surface area contributed by atoms with E-state index in [4.69, 9.17) is 4.74 Å². The summed E-state index contributed by atoms with van der Waals surface area (Å²) < 4.78 is 5.39. The van der Waals surface area contributed by atoms with Crippen LogP contribution in [0.5, 0.6) is 5.75 Å². The lowest BCUT2D eigenvalue weighted by atomic mass is 9.94. The smallest absolute Gasteiger partial charge is 0.251 e. The summed E-state index contributed by atoms with van der Waals surface area (Å²) in [6.45, 7) is 1.97. The van der Waals surface area contributed by atoms with Gasteiger partial charge in [0.25, 0.3) is 5.91 Å². The molecule has 0 aromatic heterocycles. The number of amides is 1. The van der Waals surface area contributed by atoms with E-state index in [-0.39, 0.29) is 12.5 Å². The molecule has 5 heteroatoms. The number of para-hydroxylation sites is 1. The Morgan fingerprint density at radius 2 is 1.92 bits per heavy atom. The van der Waals surface area contributed by atoms with Crippen molar-refractivity contribution in [2.45, 2.75) is 24.9 Å². The summed E-state index contributed by atoms with van der Waals surface area (Å²) in [7, 11) is 1.65. The van der Waals surface area contributed by atoms with Crippen LogP contribution in [0.1, 0.15) is 29.6 Å². The number of ether oxygens (including phenoxy) is 1. The molecule has 0 bridgehead atoms. The second-order valence-electron chi connectivity index (χ2n) is 6.79. The highest BCUT2D eigenvalue weighted by molar-refractivity contribution is 5.94. The fourth-order valence-electron chi connectivity index (χ4n) is 3.32. The quantitative estimate of drug-likeness (QED) is 0.772. The van der Waals surface area contributed by atoms with Crippen molar-refractivity contribution in [1.29, 1.82) is 0 Å². The lowest BCUT2D eigenvalue weighted by molar-refractivity contribution is 0.0276. The van der Waals surface area contributed by atoms with Gasteiger partial charge in [0.15, 0.2) is 0 Å². The molecule has 1 heterocycles. The van der Waals surface area contributed by atoms with E-state index >= 15 is 0 Å². The van der Waals surface area contributed by atoms with Gasteiger partial charge in [0, 0.05) is 17.7 Å². The highest BCUT2D eigenvalue weighted by Gasteiger charge is 2.28. The standard InChI is InChI=1S/C21H26N2O3/c1-26-19-6-3-2-5-18(19)16-7-9-17(10-8-16)20(24)23-15-21(25)11-4-13-22-14-12-21/h2-3,5-10,22,25H,4,11-15H2,1H3,(H,23,24). The lowest BCUT2D eigenvalue weighted by Gasteiger charge is -2.26. The monoisotopic (exact) mass is 354 g/mol. The Morgan fingerprint density at radius 3 is 2.69 bits per heavy atom. The first-order valence-electron chi connectivity index (χ1n) is 9.06. The zero-order valence-electron chi connectivity index (χ0n) is 15.1. The van der Waals surface area contributed by atoms with Crippen LogP contribution < -0.4 is 15.4 Å². The van der Waals surface area contributed by atoms with Crippen LogP contribution in [0, 0.1) is 0 Å². The molecule has 3 rings (SSSR count). The van der Waals surface area contributed by atoms with Crippen LogP contribution >= 0.6 is 0 Å². The van der Waals surface area contributed by atoms with Crippen LogP contribution in [-0.2, 0) is 0 Å². The number of rotatable bonds is 5. The summed E-state index contributed by atoms with van der Waals surface area (Å²) in [5.74, 6) is 0.635. The SMILES string of the molecule is COc1ccccc1-c1ccc(C(=O)NCC2(O)CCCNCC2)cc1. The predicted octanol–water partition coefficient (Wildman–Crippen LogP) is 2.60. The Balaban J connectivity index is 1.65. The summed E-state index contributed by atoms with van der Waals surface area (Å²) in [4.78, 5) is 12.4. The fraction of sp³-hybridized carbons (Fsp3) is 0.381. The van der Waals surface area contributed by atoms with Crippen molar-refractivity contribution in [3.8, 4) is 16.9 Å². The van der Waals surface area contributed by atoms with E-state index in [2.05, 4.69) is 10.6 Å². The fourth-order valence-corrected chi connectivity index (χ4v) is 3.32. The van der Waals surface area contributed by atoms with E-state index in [9.17, 15) is 9.90 Å². The first-order chi connectivity index (χ1) is 12.6. The number of hydrogen-bond donors (Lipinski definition) is 3. The van der Waals surface area contributed by atoms with E-state index in [1.165, 1.54) is 0 Å². The first kappa shape index (κ1) is 18.4. The summed E-state index contributed by atoms with van der Waals surface area (Å²) in [6, 6.07) is 15.2. The normalized spacial score (nSPS) is 20.2. The molecule has 1 saturated heterocycles. The van der Waals surface area contributed by atoms with Gasteiger partial charge in [-0.1, -0.05) is 30.3 Å². The van der Waals surface area contributed by atoms with Gasteiger partial charge in [0.05, 0.1) is 12.7 Å². The minimum absolute atomic E-state index is 0.165. The Morgan fingerprint density at radius 1 is 1.15 bits per heavy atom. The molecule has 2 aromatic rings. The number of methoxy groups -OCH3 is 1. The molecular weight excluding hydrogens is 328 g/mol. The molecule has 1 aliphatic heterocycles. The molecule has 0 spiro atoms.